The van der Waals surface area contributed by atoms with Crippen molar-refractivity contribution in [1.29, 1.82) is 0 Å². The van der Waals surface area contributed by atoms with Gasteiger partial charge >= 0.3 is 109 Å². The van der Waals surface area contributed by atoms with Crippen molar-refractivity contribution in [2.24, 2.45) is 0 Å². The molecule has 2 rings (SSSR count). The Balaban J connectivity index is 1.84. The molecule has 0 aliphatic heterocycles. The van der Waals surface area contributed by atoms with Gasteiger partial charge < -0.3 is 0 Å². The van der Waals surface area contributed by atoms with Gasteiger partial charge in [0.25, 0.3) is 0 Å². The van der Waals surface area contributed by atoms with Gasteiger partial charge in [0.2, 0.25) is 0 Å². The second-order valence-electron chi connectivity index (χ2n) is 3.56. The molecule has 0 fully saturated rings. The summed E-state index contributed by atoms with van der Waals surface area (Å²) in [6, 6.07) is 20.8. The molecule has 0 amide bonds. The molecule has 0 spiro atoms. The van der Waals surface area contributed by atoms with E-state index in [0.29, 0.717) is 15.0 Å². The molecule has 2 aromatic rings. The zero-order chi connectivity index (χ0) is 11.8. The third-order valence-corrected chi connectivity index (χ3v) is 3.51. The maximum absolute atomic E-state index is 2.24. The first-order chi connectivity index (χ1) is 8.45. The zero-order valence-corrected chi connectivity index (χ0v) is 11.2. The van der Waals surface area contributed by atoms with Gasteiger partial charge in [-0.05, 0) is 0 Å². The van der Waals surface area contributed by atoms with Crippen molar-refractivity contribution in [1.82, 2.24) is 0 Å². The Morgan fingerprint density at radius 2 is 1.00 bits per heavy atom. The first kappa shape index (κ1) is 11.9. The number of rotatable bonds is 4. The summed E-state index contributed by atoms with van der Waals surface area (Å²) in [4.78, 5) is 4.48. The van der Waals surface area contributed by atoms with Gasteiger partial charge in [-0.3, -0.25) is 0 Å². The van der Waals surface area contributed by atoms with Crippen LogP contribution in [0.4, 0.5) is 0 Å². The average molecular weight is 285 g/mol. The van der Waals surface area contributed by atoms with Gasteiger partial charge in [-0.15, -0.1) is 0 Å². The minimum atomic E-state index is 0.422. The van der Waals surface area contributed by atoms with Crippen LogP contribution in [0.1, 0.15) is 11.1 Å². The summed E-state index contributed by atoms with van der Waals surface area (Å²) in [5.41, 5.74) is 2.53. The Kier molecular flexibility index (Phi) is 4.84. The van der Waals surface area contributed by atoms with E-state index >= 15 is 0 Å². The Hall–Kier alpha value is -1.56. The molecule has 0 N–H and O–H groups in total. The van der Waals surface area contributed by atoms with Gasteiger partial charge in [-0.2, -0.15) is 0 Å². The fourth-order valence-corrected chi connectivity index (χ4v) is 2.59. The van der Waals surface area contributed by atoms with Gasteiger partial charge in [0, 0.05) is 0 Å². The predicted octanol–water partition coefficient (Wildman–Crippen LogP) is 4.03. The van der Waals surface area contributed by atoms with Crippen molar-refractivity contribution < 1.29 is 0 Å². The van der Waals surface area contributed by atoms with Crippen LogP contribution < -0.4 is 0 Å². The average Bonchev–Trinajstić information content (AvgIpc) is 2.41. The van der Waals surface area contributed by atoms with Crippen LogP contribution in [0.5, 0.6) is 0 Å². The fraction of sp³-hybridized carbons (Fsp3) is 0. The molecule has 0 nitrogen and oxygen atoms in total. The Morgan fingerprint density at radius 3 is 1.41 bits per heavy atom. The maximum atomic E-state index is 2.24. The number of hydrogen-bond donors (Lipinski definition) is 0. The summed E-state index contributed by atoms with van der Waals surface area (Å²) in [5.74, 6) is 0. The van der Waals surface area contributed by atoms with Crippen LogP contribution in [0.25, 0.3) is 12.2 Å². The molecule has 0 saturated heterocycles. The third-order valence-electron chi connectivity index (χ3n) is 2.28. The summed E-state index contributed by atoms with van der Waals surface area (Å²) in [5, 5.41) is 0. The Labute approximate surface area is 109 Å². The monoisotopic (exact) mass is 286 g/mol. The molecule has 0 aromatic heterocycles. The van der Waals surface area contributed by atoms with Gasteiger partial charge in [0.1, 0.15) is 0 Å². The van der Waals surface area contributed by atoms with Crippen LogP contribution in [0.2, 0.25) is 0 Å². The summed E-state index contributed by atoms with van der Waals surface area (Å²) < 4.78 is 0. The summed E-state index contributed by atoms with van der Waals surface area (Å²) in [6.07, 6.45) is 4.35. The van der Waals surface area contributed by atoms with Crippen LogP contribution in [0.15, 0.2) is 70.6 Å². The van der Waals surface area contributed by atoms with Crippen LogP contribution in [-0.4, -0.2) is 15.0 Å². The molecule has 0 unspecified atom stereocenters. The molecule has 84 valence electrons. The number of hydrogen-bond acceptors (Lipinski definition) is 0. The zero-order valence-electron chi connectivity index (χ0n) is 9.49. The van der Waals surface area contributed by atoms with Crippen LogP contribution in [-0.2, 0) is 0 Å². The molecular weight excluding hydrogens is 271 g/mol. The quantitative estimate of drug-likeness (QED) is 0.744. The Bertz CT molecular complexity index is 436. The van der Waals surface area contributed by atoms with E-state index < -0.39 is 0 Å². The van der Waals surface area contributed by atoms with Crippen molar-refractivity contribution in [3.63, 3.8) is 0 Å². The molecule has 2 aromatic carbocycles. The van der Waals surface area contributed by atoms with Crippen molar-refractivity contribution in [2.45, 2.75) is 0 Å². The predicted molar refractivity (Wildman–Crippen MR) is 76.7 cm³/mol. The van der Waals surface area contributed by atoms with E-state index in [0.717, 1.165) is 0 Å². The standard InChI is InChI=1S/C16H14Se/c1-3-7-15(8-4-1)11-13-17-14-12-16-9-5-2-6-10-16/h1-14H/b13-11-,14-12-. The van der Waals surface area contributed by atoms with E-state index in [1.807, 2.05) is 12.1 Å². The van der Waals surface area contributed by atoms with E-state index in [-0.39, 0.29) is 0 Å². The van der Waals surface area contributed by atoms with Crippen molar-refractivity contribution >= 4 is 27.1 Å². The van der Waals surface area contributed by atoms with Gasteiger partial charge in [-0.25, -0.2) is 0 Å². The normalized spacial score (nSPS) is 11.3. The summed E-state index contributed by atoms with van der Waals surface area (Å²) in [6.45, 7) is 0. The number of benzene rings is 2. The second kappa shape index (κ2) is 6.90. The summed E-state index contributed by atoms with van der Waals surface area (Å²) in [7, 11) is 0. The minimum absolute atomic E-state index is 0.422. The molecule has 0 aliphatic rings. The van der Waals surface area contributed by atoms with Crippen molar-refractivity contribution in [3.8, 4) is 0 Å². The van der Waals surface area contributed by atoms with Gasteiger partial charge in [0.15, 0.2) is 0 Å². The third kappa shape index (κ3) is 4.44. The molecule has 0 radical (unpaired) electrons. The van der Waals surface area contributed by atoms with Crippen LogP contribution in [0.3, 0.4) is 0 Å². The van der Waals surface area contributed by atoms with E-state index in [4.69, 9.17) is 0 Å². The molecule has 1 heteroatoms. The van der Waals surface area contributed by atoms with Gasteiger partial charge in [-0.1, -0.05) is 0 Å². The molecule has 17 heavy (non-hydrogen) atoms. The van der Waals surface area contributed by atoms with Crippen LogP contribution >= 0.6 is 0 Å². The molecule has 0 bridgehead atoms. The molecule has 0 heterocycles. The molecule has 0 aliphatic carbocycles. The van der Waals surface area contributed by atoms with E-state index in [1.54, 1.807) is 0 Å². The van der Waals surface area contributed by atoms with E-state index in [1.165, 1.54) is 11.1 Å². The SMILES string of the molecule is C(=C/c1ccccc1)/[Se]/C=C\c1ccccc1. The van der Waals surface area contributed by atoms with Crippen LogP contribution in [0, 0.1) is 0 Å². The van der Waals surface area contributed by atoms with E-state index in [2.05, 4.69) is 70.6 Å². The first-order valence-electron chi connectivity index (χ1n) is 5.54. The molecular formula is C16H14Se. The first-order valence-corrected chi connectivity index (χ1v) is 7.51. The Morgan fingerprint density at radius 1 is 0.588 bits per heavy atom. The molecule has 0 atom stereocenters. The summed E-state index contributed by atoms with van der Waals surface area (Å²) >= 11 is 0.422. The van der Waals surface area contributed by atoms with Crippen molar-refractivity contribution in [3.05, 3.63) is 81.7 Å². The molecule has 0 saturated carbocycles. The van der Waals surface area contributed by atoms with Gasteiger partial charge in [0.05, 0.1) is 0 Å². The second-order valence-corrected chi connectivity index (χ2v) is 5.28. The fourth-order valence-electron chi connectivity index (χ4n) is 1.41. The van der Waals surface area contributed by atoms with E-state index in [9.17, 15) is 0 Å². The van der Waals surface area contributed by atoms with Crippen molar-refractivity contribution in [2.75, 3.05) is 0 Å². The topological polar surface area (TPSA) is 0 Å².